The first-order valence-electron chi connectivity index (χ1n) is 6.58. The van der Waals surface area contributed by atoms with Gasteiger partial charge >= 0.3 is 0 Å². The van der Waals surface area contributed by atoms with Crippen LogP contribution >= 0.6 is 0 Å². The normalized spacial score (nSPS) is 33.6. The number of hydrogen-bond donors (Lipinski definition) is 1. The second-order valence-corrected chi connectivity index (χ2v) is 5.42. The molecular weight excluding hydrogens is 214 g/mol. The highest BCUT2D eigenvalue weighted by molar-refractivity contribution is 5.95. The van der Waals surface area contributed by atoms with Gasteiger partial charge in [0, 0.05) is 12.0 Å². The minimum atomic E-state index is 0.0225. The monoisotopic (exact) mass is 233 g/mol. The van der Waals surface area contributed by atoms with Crippen molar-refractivity contribution in [3.8, 4) is 0 Å². The van der Waals surface area contributed by atoms with Crippen LogP contribution in [0.15, 0.2) is 22.8 Å². The highest BCUT2D eigenvalue weighted by atomic mass is 16.3. The number of nitrogens with one attached hydrogen (secondary N) is 1. The molecule has 2 fully saturated rings. The lowest BCUT2D eigenvalue weighted by molar-refractivity contribution is 0.0862. The number of rotatable bonds is 3. The number of fused-ring (bicyclic) bond motifs is 1. The molecule has 1 aliphatic carbocycles. The Morgan fingerprint density at radius 2 is 2.41 bits per heavy atom. The van der Waals surface area contributed by atoms with Crippen LogP contribution in [0, 0.1) is 17.8 Å². The van der Waals surface area contributed by atoms with Gasteiger partial charge in [0.05, 0.1) is 6.26 Å². The molecule has 2 aliphatic rings. The van der Waals surface area contributed by atoms with Gasteiger partial charge in [-0.1, -0.05) is 13.3 Å². The average Bonchev–Trinajstić information content (AvgIpc) is 3.03. The molecule has 0 bridgehead atoms. The van der Waals surface area contributed by atoms with Crippen LogP contribution in [0.25, 0.3) is 0 Å². The van der Waals surface area contributed by atoms with E-state index in [4.69, 9.17) is 4.42 Å². The van der Waals surface area contributed by atoms with E-state index in [-0.39, 0.29) is 11.7 Å². The van der Waals surface area contributed by atoms with Crippen molar-refractivity contribution < 1.29 is 9.21 Å². The zero-order chi connectivity index (χ0) is 11.8. The van der Waals surface area contributed by atoms with E-state index >= 15 is 0 Å². The third-order valence-corrected chi connectivity index (χ3v) is 4.51. The highest BCUT2D eigenvalue weighted by Gasteiger charge is 2.43. The molecule has 17 heavy (non-hydrogen) atoms. The van der Waals surface area contributed by atoms with Crippen LogP contribution < -0.4 is 5.32 Å². The molecule has 1 aromatic heterocycles. The lowest BCUT2D eigenvalue weighted by Gasteiger charge is -2.23. The van der Waals surface area contributed by atoms with E-state index in [9.17, 15) is 4.79 Å². The summed E-state index contributed by atoms with van der Waals surface area (Å²) in [6.45, 7) is 3.12. The summed E-state index contributed by atoms with van der Waals surface area (Å²) in [5.74, 6) is 2.16. The Hall–Kier alpha value is -1.09. The SMILES string of the molecule is CC(C(=O)c1ccco1)C1NCC2CCCC21. The average molecular weight is 233 g/mol. The Morgan fingerprint density at radius 3 is 3.18 bits per heavy atom. The molecule has 0 amide bonds. The van der Waals surface area contributed by atoms with E-state index in [2.05, 4.69) is 5.32 Å². The molecule has 92 valence electrons. The van der Waals surface area contributed by atoms with Crippen molar-refractivity contribution in [3.63, 3.8) is 0 Å². The molecule has 3 rings (SSSR count). The van der Waals surface area contributed by atoms with Crippen molar-refractivity contribution in [1.29, 1.82) is 0 Å². The second-order valence-electron chi connectivity index (χ2n) is 5.42. The molecule has 1 N–H and O–H groups in total. The third kappa shape index (κ3) is 1.82. The Balaban J connectivity index is 1.74. The first-order chi connectivity index (χ1) is 8.27. The molecule has 1 saturated heterocycles. The number of hydrogen-bond acceptors (Lipinski definition) is 3. The van der Waals surface area contributed by atoms with E-state index in [1.807, 2.05) is 6.92 Å². The van der Waals surface area contributed by atoms with Crippen LogP contribution in [-0.4, -0.2) is 18.4 Å². The number of Topliss-reactive ketones (excluding diaryl/α,β-unsaturated/α-hetero) is 1. The van der Waals surface area contributed by atoms with Crippen molar-refractivity contribution in [2.45, 2.75) is 32.2 Å². The Kier molecular flexibility index (Phi) is 2.79. The van der Waals surface area contributed by atoms with Gasteiger partial charge in [-0.3, -0.25) is 4.79 Å². The first kappa shape index (κ1) is 11.0. The Bertz CT molecular complexity index is 398. The molecule has 4 unspecified atom stereocenters. The lowest BCUT2D eigenvalue weighted by atomic mass is 9.84. The molecule has 2 heterocycles. The quantitative estimate of drug-likeness (QED) is 0.816. The maximum Gasteiger partial charge on any atom is 0.202 e. The minimum absolute atomic E-state index is 0.0225. The van der Waals surface area contributed by atoms with Gasteiger partial charge in [-0.25, -0.2) is 0 Å². The van der Waals surface area contributed by atoms with Crippen molar-refractivity contribution in [2.75, 3.05) is 6.54 Å². The van der Waals surface area contributed by atoms with Crippen LogP contribution in [0.2, 0.25) is 0 Å². The van der Waals surface area contributed by atoms with Gasteiger partial charge in [-0.15, -0.1) is 0 Å². The van der Waals surface area contributed by atoms with Crippen molar-refractivity contribution >= 4 is 5.78 Å². The fraction of sp³-hybridized carbons (Fsp3) is 0.643. The lowest BCUT2D eigenvalue weighted by Crippen LogP contribution is -2.37. The largest absolute Gasteiger partial charge is 0.461 e. The molecule has 1 saturated carbocycles. The maximum atomic E-state index is 12.2. The summed E-state index contributed by atoms with van der Waals surface area (Å²) < 4.78 is 5.21. The molecule has 1 aromatic rings. The van der Waals surface area contributed by atoms with Crippen molar-refractivity contribution in [1.82, 2.24) is 5.32 Å². The van der Waals surface area contributed by atoms with Gasteiger partial charge < -0.3 is 9.73 Å². The van der Waals surface area contributed by atoms with Crippen molar-refractivity contribution in [3.05, 3.63) is 24.2 Å². The highest BCUT2D eigenvalue weighted by Crippen LogP contribution is 2.40. The fourth-order valence-electron chi connectivity index (χ4n) is 3.58. The molecule has 0 radical (unpaired) electrons. The van der Waals surface area contributed by atoms with Gasteiger partial charge in [0.2, 0.25) is 5.78 Å². The molecule has 3 heteroatoms. The maximum absolute atomic E-state index is 12.2. The predicted octanol–water partition coefficient (Wildman–Crippen LogP) is 2.49. The summed E-state index contributed by atoms with van der Waals surface area (Å²) in [4.78, 5) is 12.2. The number of carbonyl (C=O) groups is 1. The van der Waals surface area contributed by atoms with E-state index < -0.39 is 0 Å². The summed E-state index contributed by atoms with van der Waals surface area (Å²) in [6, 6.07) is 3.89. The van der Waals surface area contributed by atoms with Crippen LogP contribution in [0.4, 0.5) is 0 Å². The summed E-state index contributed by atoms with van der Waals surface area (Å²) in [5.41, 5.74) is 0. The summed E-state index contributed by atoms with van der Waals surface area (Å²) >= 11 is 0. The van der Waals surface area contributed by atoms with Gasteiger partial charge in [-0.05, 0) is 43.4 Å². The van der Waals surface area contributed by atoms with E-state index in [0.717, 1.165) is 12.5 Å². The Morgan fingerprint density at radius 1 is 1.53 bits per heavy atom. The summed E-state index contributed by atoms with van der Waals surface area (Å²) in [5, 5.41) is 3.54. The van der Waals surface area contributed by atoms with Crippen LogP contribution in [-0.2, 0) is 0 Å². The predicted molar refractivity (Wildman–Crippen MR) is 64.8 cm³/mol. The molecule has 1 aliphatic heterocycles. The summed E-state index contributed by atoms with van der Waals surface area (Å²) in [6.07, 6.45) is 5.50. The minimum Gasteiger partial charge on any atom is -0.461 e. The van der Waals surface area contributed by atoms with E-state index in [1.165, 1.54) is 19.3 Å². The molecule has 4 atom stereocenters. The standard InChI is InChI=1S/C14H19NO2/c1-9(14(16)12-6-3-7-17-12)13-11-5-2-4-10(11)8-15-13/h3,6-7,9-11,13,15H,2,4-5,8H2,1H3. The topological polar surface area (TPSA) is 42.2 Å². The molecule has 0 spiro atoms. The van der Waals surface area contributed by atoms with Gasteiger partial charge in [0.25, 0.3) is 0 Å². The van der Waals surface area contributed by atoms with Crippen LogP contribution in [0.3, 0.4) is 0 Å². The number of furan rings is 1. The van der Waals surface area contributed by atoms with Crippen LogP contribution in [0.5, 0.6) is 0 Å². The first-order valence-corrected chi connectivity index (χ1v) is 6.58. The van der Waals surface area contributed by atoms with Crippen LogP contribution in [0.1, 0.15) is 36.7 Å². The molecular formula is C14H19NO2. The van der Waals surface area contributed by atoms with Gasteiger partial charge in [-0.2, -0.15) is 0 Å². The summed E-state index contributed by atoms with van der Waals surface area (Å²) in [7, 11) is 0. The Labute approximate surface area is 102 Å². The smallest absolute Gasteiger partial charge is 0.202 e. The fourth-order valence-corrected chi connectivity index (χ4v) is 3.58. The zero-order valence-corrected chi connectivity index (χ0v) is 10.2. The van der Waals surface area contributed by atoms with Gasteiger partial charge in [0.15, 0.2) is 5.76 Å². The molecule has 3 nitrogen and oxygen atoms in total. The van der Waals surface area contributed by atoms with E-state index in [1.54, 1.807) is 18.4 Å². The zero-order valence-electron chi connectivity index (χ0n) is 10.2. The van der Waals surface area contributed by atoms with Crippen molar-refractivity contribution in [2.24, 2.45) is 17.8 Å². The van der Waals surface area contributed by atoms with E-state index in [0.29, 0.717) is 17.7 Å². The number of ketones is 1. The molecule has 0 aromatic carbocycles. The third-order valence-electron chi connectivity index (χ3n) is 4.51. The van der Waals surface area contributed by atoms with Gasteiger partial charge in [0.1, 0.15) is 0 Å². The second kappa shape index (κ2) is 4.30. The number of carbonyl (C=O) groups excluding carboxylic acids is 1.